The van der Waals surface area contributed by atoms with Crippen molar-refractivity contribution in [3.63, 3.8) is 0 Å². The summed E-state index contributed by atoms with van der Waals surface area (Å²) in [4.78, 5) is 2.29. The first-order valence-corrected chi connectivity index (χ1v) is 9.81. The van der Waals surface area contributed by atoms with E-state index in [2.05, 4.69) is 111 Å². The predicted molar refractivity (Wildman–Crippen MR) is 117 cm³/mol. The lowest BCUT2D eigenvalue weighted by atomic mass is 10.0. The summed E-state index contributed by atoms with van der Waals surface area (Å²) in [6.45, 7) is 14.9. The van der Waals surface area contributed by atoms with Gasteiger partial charge in [0, 0.05) is 38.1 Å². The number of likely N-dealkylation sites (N-methyl/N-ethyl adjacent to an activating group) is 1. The van der Waals surface area contributed by atoms with E-state index < -0.39 is 0 Å². The number of benzene rings is 2. The van der Waals surface area contributed by atoms with Crippen LogP contribution in [0.3, 0.4) is 0 Å². The lowest BCUT2D eigenvalue weighted by Gasteiger charge is -2.30. The van der Waals surface area contributed by atoms with Crippen LogP contribution in [0.4, 0.5) is 5.69 Å². The van der Waals surface area contributed by atoms with Crippen molar-refractivity contribution in [1.82, 2.24) is 9.91 Å². The Morgan fingerprint density at radius 1 is 1.04 bits per heavy atom. The van der Waals surface area contributed by atoms with E-state index in [1.807, 2.05) is 0 Å². The minimum absolute atomic E-state index is 0.415. The van der Waals surface area contributed by atoms with E-state index >= 15 is 0 Å². The molecular formula is C24H31N3. The number of rotatable bonds is 6. The van der Waals surface area contributed by atoms with Gasteiger partial charge in [-0.3, -0.25) is 5.01 Å². The van der Waals surface area contributed by atoms with Crippen molar-refractivity contribution in [3.8, 4) is 11.1 Å². The van der Waals surface area contributed by atoms with Crippen LogP contribution in [0.1, 0.15) is 31.9 Å². The molecule has 2 aromatic rings. The molecule has 3 heteroatoms. The van der Waals surface area contributed by atoms with Crippen LogP contribution in [0.15, 0.2) is 61.3 Å². The average molecular weight is 362 g/mol. The van der Waals surface area contributed by atoms with Gasteiger partial charge < -0.3 is 4.90 Å². The summed E-state index contributed by atoms with van der Waals surface area (Å²) in [5.41, 5.74) is 7.24. The third-order valence-electron chi connectivity index (χ3n) is 5.59. The molecule has 3 rings (SSSR count). The predicted octanol–water partition coefficient (Wildman–Crippen LogP) is 5.54. The molecule has 0 bridgehead atoms. The van der Waals surface area contributed by atoms with Crippen LogP contribution in [-0.4, -0.2) is 36.1 Å². The van der Waals surface area contributed by atoms with Gasteiger partial charge in [0.2, 0.25) is 0 Å². The number of hydrogen-bond acceptors (Lipinski definition) is 3. The van der Waals surface area contributed by atoms with Crippen molar-refractivity contribution >= 4 is 11.4 Å². The lowest BCUT2D eigenvalue weighted by molar-refractivity contribution is 0.322. The first-order chi connectivity index (χ1) is 13.0. The summed E-state index contributed by atoms with van der Waals surface area (Å²) in [6.07, 6.45) is 4.38. The van der Waals surface area contributed by atoms with E-state index in [4.69, 9.17) is 0 Å². The van der Waals surface area contributed by atoms with Gasteiger partial charge in [-0.25, -0.2) is 5.01 Å². The maximum absolute atomic E-state index is 4.27. The molecule has 0 saturated carbocycles. The maximum Gasteiger partial charge on any atom is 0.0608 e. The monoisotopic (exact) mass is 361 g/mol. The first-order valence-electron chi connectivity index (χ1n) is 9.81. The second kappa shape index (κ2) is 8.01. The number of aryl methyl sites for hydroxylation is 1. The van der Waals surface area contributed by atoms with Crippen molar-refractivity contribution in [3.05, 3.63) is 72.4 Å². The van der Waals surface area contributed by atoms with Crippen LogP contribution in [0.2, 0.25) is 0 Å². The van der Waals surface area contributed by atoms with Crippen LogP contribution in [0.25, 0.3) is 16.8 Å². The molecule has 0 spiro atoms. The largest absolute Gasteiger partial charge is 0.372 e. The SMILES string of the molecule is C=C(c1ccc(-c2ccc(C)c(N3C=CC(C)N3C)c2)cc1)N(CC)CC. The highest BCUT2D eigenvalue weighted by molar-refractivity contribution is 5.73. The molecule has 142 valence electrons. The third-order valence-corrected chi connectivity index (χ3v) is 5.59. The summed E-state index contributed by atoms with van der Waals surface area (Å²) in [5.74, 6) is 0. The molecule has 0 N–H and O–H groups in total. The standard InChI is InChI=1S/C24H31N3/c1-7-26(8-2)20(5)21-11-13-22(14-12-21)23-10-9-18(3)24(17-23)27-16-15-19(4)25(27)6/h9-17,19H,5,7-8H2,1-4,6H3. The Balaban J connectivity index is 1.88. The van der Waals surface area contributed by atoms with E-state index in [0.717, 1.165) is 18.8 Å². The van der Waals surface area contributed by atoms with Crippen LogP contribution < -0.4 is 5.01 Å². The molecule has 1 aliphatic heterocycles. The topological polar surface area (TPSA) is 9.72 Å². The highest BCUT2D eigenvalue weighted by atomic mass is 15.6. The maximum atomic E-state index is 4.27. The van der Waals surface area contributed by atoms with E-state index in [-0.39, 0.29) is 0 Å². The Labute approximate surface area is 164 Å². The molecule has 1 atom stereocenters. The van der Waals surface area contributed by atoms with E-state index in [0.29, 0.717) is 6.04 Å². The smallest absolute Gasteiger partial charge is 0.0608 e. The van der Waals surface area contributed by atoms with E-state index in [9.17, 15) is 0 Å². The summed E-state index contributed by atoms with van der Waals surface area (Å²) < 4.78 is 0. The van der Waals surface area contributed by atoms with Gasteiger partial charge in [0.05, 0.1) is 5.69 Å². The Bertz CT molecular complexity index is 831. The summed E-state index contributed by atoms with van der Waals surface area (Å²) in [7, 11) is 2.13. The Morgan fingerprint density at radius 2 is 1.67 bits per heavy atom. The van der Waals surface area contributed by atoms with Crippen LogP contribution in [-0.2, 0) is 0 Å². The van der Waals surface area contributed by atoms with Gasteiger partial charge in [-0.2, -0.15) is 0 Å². The van der Waals surface area contributed by atoms with E-state index in [1.54, 1.807) is 0 Å². The van der Waals surface area contributed by atoms with Gasteiger partial charge in [-0.1, -0.05) is 43.0 Å². The van der Waals surface area contributed by atoms with Crippen LogP contribution >= 0.6 is 0 Å². The zero-order chi connectivity index (χ0) is 19.6. The lowest BCUT2D eigenvalue weighted by Crippen LogP contribution is -2.36. The molecule has 1 heterocycles. The molecule has 0 saturated heterocycles. The molecule has 0 aliphatic carbocycles. The Morgan fingerprint density at radius 3 is 2.22 bits per heavy atom. The molecule has 3 nitrogen and oxygen atoms in total. The molecule has 0 amide bonds. The minimum atomic E-state index is 0.415. The van der Waals surface area contributed by atoms with Crippen LogP contribution in [0.5, 0.6) is 0 Å². The van der Waals surface area contributed by atoms with Crippen molar-refractivity contribution < 1.29 is 0 Å². The zero-order valence-corrected chi connectivity index (χ0v) is 17.2. The second-order valence-corrected chi connectivity index (χ2v) is 7.20. The van der Waals surface area contributed by atoms with Crippen molar-refractivity contribution in [1.29, 1.82) is 0 Å². The quantitative estimate of drug-likeness (QED) is 0.668. The Kier molecular flexibility index (Phi) is 5.71. The highest BCUT2D eigenvalue weighted by Crippen LogP contribution is 2.32. The average Bonchev–Trinajstić information content (AvgIpc) is 3.02. The fourth-order valence-corrected chi connectivity index (χ4v) is 3.56. The minimum Gasteiger partial charge on any atom is -0.372 e. The molecular weight excluding hydrogens is 330 g/mol. The van der Waals surface area contributed by atoms with Gasteiger partial charge in [-0.05, 0) is 62.1 Å². The van der Waals surface area contributed by atoms with Gasteiger partial charge in [-0.15, -0.1) is 0 Å². The summed E-state index contributed by atoms with van der Waals surface area (Å²) >= 11 is 0. The normalized spacial score (nSPS) is 16.8. The second-order valence-electron chi connectivity index (χ2n) is 7.20. The van der Waals surface area contributed by atoms with Crippen molar-refractivity contribution in [2.45, 2.75) is 33.7 Å². The first kappa shape index (κ1) is 19.2. The third kappa shape index (κ3) is 3.79. The van der Waals surface area contributed by atoms with E-state index in [1.165, 1.54) is 27.9 Å². The summed E-state index contributed by atoms with van der Waals surface area (Å²) in [5, 5.41) is 4.49. The molecule has 1 aliphatic rings. The van der Waals surface area contributed by atoms with Gasteiger partial charge in [0.1, 0.15) is 0 Å². The molecule has 0 radical (unpaired) electrons. The molecule has 0 fully saturated rings. The number of nitrogens with zero attached hydrogens (tertiary/aromatic N) is 3. The molecule has 0 aromatic heterocycles. The highest BCUT2D eigenvalue weighted by Gasteiger charge is 2.21. The molecule has 27 heavy (non-hydrogen) atoms. The fraction of sp³-hybridized carbons (Fsp3) is 0.333. The molecule has 2 aromatic carbocycles. The van der Waals surface area contributed by atoms with Crippen molar-refractivity contribution in [2.24, 2.45) is 0 Å². The van der Waals surface area contributed by atoms with Crippen LogP contribution in [0, 0.1) is 6.92 Å². The van der Waals surface area contributed by atoms with Gasteiger partial charge in [0.15, 0.2) is 0 Å². The number of hydrogen-bond donors (Lipinski definition) is 0. The van der Waals surface area contributed by atoms with Crippen molar-refractivity contribution in [2.75, 3.05) is 25.1 Å². The number of hydrazine groups is 1. The fourth-order valence-electron chi connectivity index (χ4n) is 3.56. The number of anilines is 1. The van der Waals surface area contributed by atoms with Gasteiger partial charge >= 0.3 is 0 Å². The zero-order valence-electron chi connectivity index (χ0n) is 17.2. The summed E-state index contributed by atoms with van der Waals surface area (Å²) in [6, 6.07) is 15.9. The van der Waals surface area contributed by atoms with Gasteiger partial charge in [0.25, 0.3) is 0 Å². The Hall–Kier alpha value is -2.52. The molecule has 1 unspecified atom stereocenters.